The molecule has 620 valence electrons. The van der Waals surface area contributed by atoms with Crippen molar-refractivity contribution in [2.75, 3.05) is 73.8 Å². The van der Waals surface area contributed by atoms with Crippen LogP contribution in [0.1, 0.15) is 146 Å². The predicted octanol–water partition coefficient (Wildman–Crippen LogP) is 27.2. The van der Waals surface area contributed by atoms with Gasteiger partial charge in [-0.3, -0.25) is 9.97 Å². The van der Waals surface area contributed by atoms with Crippen LogP contribution in [0.25, 0.3) is 0 Å². The zero-order valence-corrected chi connectivity index (χ0v) is 69.8. The SMILES string of the molecule is C.CC1CCCCC1.CC1CCOCC1.CN1CCC(F)(F)CC1.CN1CCOCC1.COc1ccc(C)cc1.Cc1cc(F)cc(F)c1.Cc1ccc(C(F)(F)F)cc1.Cc1ccc(Cl)cc1.Cc1ccc(F)cc1.Cc1cccc(F)c1.Cc1ccccc1.Cc1ccccc1C.Cc1cccnc1.Cc1ccncc1. The fourth-order valence-corrected chi connectivity index (χ4v) is 9.70. The minimum Gasteiger partial charge on any atom is -0.497 e. The van der Waals surface area contributed by atoms with E-state index in [-0.39, 0.29) is 31.9 Å². The van der Waals surface area contributed by atoms with E-state index >= 15 is 0 Å². The Morgan fingerprint density at radius 1 is 0.398 bits per heavy atom. The molecule has 0 N–H and O–H groups in total. The topological polar surface area (TPSA) is 60.0 Å². The lowest BCUT2D eigenvalue weighted by Crippen LogP contribution is -2.36. The highest BCUT2D eigenvalue weighted by molar-refractivity contribution is 6.30. The zero-order valence-electron chi connectivity index (χ0n) is 69.1. The van der Waals surface area contributed by atoms with Gasteiger partial charge in [0.15, 0.2) is 0 Å². The number of rotatable bonds is 1. The van der Waals surface area contributed by atoms with Crippen molar-refractivity contribution >= 4 is 11.6 Å². The number of aromatic nitrogens is 2. The van der Waals surface area contributed by atoms with Crippen molar-refractivity contribution in [2.24, 2.45) is 11.8 Å². The summed E-state index contributed by atoms with van der Waals surface area (Å²) >= 11 is 5.61. The maximum atomic E-state index is 12.4. The normalized spacial score (nSPS) is 13.8. The van der Waals surface area contributed by atoms with Crippen LogP contribution >= 0.6 is 11.6 Å². The first-order valence-corrected chi connectivity index (χ1v) is 38.5. The predicted molar refractivity (Wildman–Crippen MR) is 457 cm³/mol. The zero-order chi connectivity index (χ0) is 83.5. The molecule has 0 atom stereocenters. The van der Waals surface area contributed by atoms with Gasteiger partial charge in [-0.25, -0.2) is 26.3 Å². The van der Waals surface area contributed by atoms with Crippen molar-refractivity contribution in [1.29, 1.82) is 0 Å². The third-order valence-electron chi connectivity index (χ3n) is 17.0. The number of nitrogens with zero attached hydrogens (tertiary/aromatic N) is 4. The van der Waals surface area contributed by atoms with E-state index in [2.05, 4.69) is 99.9 Å². The molecule has 3 saturated heterocycles. The number of hydrogen-bond donors (Lipinski definition) is 0. The fraction of sp³-hybridized carbons (Fsp3) is 0.396. The monoisotopic (exact) mass is 1590 g/mol. The van der Waals surface area contributed by atoms with Gasteiger partial charge in [-0.15, -0.1) is 0 Å². The van der Waals surface area contributed by atoms with Gasteiger partial charge in [-0.1, -0.05) is 214 Å². The van der Waals surface area contributed by atoms with Gasteiger partial charge in [0.1, 0.15) is 29.0 Å². The maximum absolute atomic E-state index is 12.4. The Kier molecular flexibility index (Phi) is 58.0. The van der Waals surface area contributed by atoms with E-state index in [1.165, 1.54) is 132 Å². The van der Waals surface area contributed by atoms with E-state index < -0.39 is 29.3 Å². The highest BCUT2D eigenvalue weighted by Crippen LogP contribution is 2.29. The summed E-state index contributed by atoms with van der Waals surface area (Å²) in [4.78, 5) is 11.9. The van der Waals surface area contributed by atoms with Gasteiger partial charge in [0, 0.05) is 88.1 Å². The van der Waals surface area contributed by atoms with Crippen molar-refractivity contribution in [3.8, 4) is 5.75 Å². The summed E-state index contributed by atoms with van der Waals surface area (Å²) < 4.78 is 124. The highest BCUT2D eigenvalue weighted by Gasteiger charge is 2.32. The summed E-state index contributed by atoms with van der Waals surface area (Å²) in [5.74, 6) is -0.893. The van der Waals surface area contributed by atoms with E-state index in [0.717, 1.165) is 97.0 Å². The molecule has 0 unspecified atom stereocenters. The second-order valence-corrected chi connectivity index (χ2v) is 28.6. The fourth-order valence-electron chi connectivity index (χ4n) is 9.57. The molecule has 0 amide bonds. The van der Waals surface area contributed by atoms with Crippen LogP contribution in [0.3, 0.4) is 0 Å². The number of piperidine rings is 1. The lowest BCUT2D eigenvalue weighted by Gasteiger charge is -2.28. The van der Waals surface area contributed by atoms with Crippen LogP contribution in [0.4, 0.5) is 39.5 Å². The van der Waals surface area contributed by atoms with Gasteiger partial charge in [0.05, 0.1) is 25.9 Å². The summed E-state index contributed by atoms with van der Waals surface area (Å²) in [6.45, 7) is 33.4. The highest BCUT2D eigenvalue weighted by atomic mass is 35.5. The number of likely N-dealkylation sites (N-methyl/N-ethyl adjacent to an activating group) is 1. The summed E-state index contributed by atoms with van der Waals surface area (Å²) in [5, 5.41) is 0.801. The molecule has 4 aliphatic rings. The molecule has 1 saturated carbocycles. The van der Waals surface area contributed by atoms with E-state index in [1.807, 2.05) is 150 Å². The number of pyridine rings is 2. The van der Waals surface area contributed by atoms with Gasteiger partial charge < -0.3 is 24.0 Å². The summed E-state index contributed by atoms with van der Waals surface area (Å²) in [6, 6.07) is 63.6. The van der Waals surface area contributed by atoms with Crippen molar-refractivity contribution in [3.05, 3.63) is 338 Å². The summed E-state index contributed by atoms with van der Waals surface area (Å²) in [6.07, 6.45) is 13.0. The lowest BCUT2D eigenvalue weighted by molar-refractivity contribution is -0.137. The first kappa shape index (κ1) is 104. The molecule has 7 nitrogen and oxygen atoms in total. The van der Waals surface area contributed by atoms with Gasteiger partial charge in [-0.05, 0) is 239 Å². The third-order valence-corrected chi connectivity index (χ3v) is 17.3. The second kappa shape index (κ2) is 62.8. The molecule has 3 aliphatic heterocycles. The number of methoxy groups -OCH3 is 1. The Balaban J connectivity index is 0.00000120. The Labute approximate surface area is 678 Å². The Morgan fingerprint density at radius 3 is 1.11 bits per heavy atom. The number of aryl methyl sites for hydroxylation is 11. The lowest BCUT2D eigenvalue weighted by atomic mass is 9.91. The number of benzene rings is 8. The smallest absolute Gasteiger partial charge is 0.416 e. The molecular formula is C96H128ClF9N4O3. The number of hydrogen-bond acceptors (Lipinski definition) is 7. The number of likely N-dealkylation sites (tertiary alicyclic amines) is 1. The van der Waals surface area contributed by atoms with Crippen LogP contribution in [0.15, 0.2) is 243 Å². The summed E-state index contributed by atoms with van der Waals surface area (Å²) in [7, 11) is 5.66. The minimum atomic E-state index is -4.21. The minimum absolute atomic E-state index is 0. The molecule has 2 aromatic heterocycles. The molecule has 113 heavy (non-hydrogen) atoms. The van der Waals surface area contributed by atoms with Crippen molar-refractivity contribution in [1.82, 2.24) is 19.8 Å². The molecule has 10 aromatic rings. The Morgan fingerprint density at radius 2 is 0.805 bits per heavy atom. The van der Waals surface area contributed by atoms with Crippen LogP contribution < -0.4 is 4.74 Å². The number of ether oxygens (including phenoxy) is 3. The van der Waals surface area contributed by atoms with Crippen molar-refractivity contribution in [3.63, 3.8) is 0 Å². The van der Waals surface area contributed by atoms with Crippen molar-refractivity contribution < 1.29 is 53.7 Å². The molecule has 8 aromatic carbocycles. The molecule has 0 radical (unpaired) electrons. The van der Waals surface area contributed by atoms with E-state index in [0.29, 0.717) is 18.7 Å². The van der Waals surface area contributed by atoms with Crippen LogP contribution in [0, 0.1) is 111 Å². The molecule has 0 bridgehead atoms. The van der Waals surface area contributed by atoms with Gasteiger partial charge in [0.2, 0.25) is 0 Å². The maximum Gasteiger partial charge on any atom is 0.416 e. The average Bonchev–Trinajstić information content (AvgIpc) is 0.866. The molecule has 14 rings (SSSR count). The van der Waals surface area contributed by atoms with Gasteiger partial charge in [-0.2, -0.15) is 13.2 Å². The van der Waals surface area contributed by atoms with Gasteiger partial charge in [0.25, 0.3) is 5.92 Å². The average molecular weight is 1590 g/mol. The first-order chi connectivity index (χ1) is 53.1. The largest absolute Gasteiger partial charge is 0.497 e. The first-order valence-electron chi connectivity index (χ1n) is 38.2. The quantitative estimate of drug-likeness (QED) is 0.152. The standard InChI is InChI=1S/C8H7F3.C8H10O.C8H10.C7H7Cl.C7H6F2.2C7H7F.C7H14.C7H8.C6H11F2N.2C6H7N.C6H12O.C5H11NO.CH4/c1-6-2-4-7(5-3-6)8(9,10)11;1-7-3-5-8(9-2)6-4-7;1-7-5-3-4-6-8(7)2;1-6-2-4-7(8)5-3-6;1-5-2-6(8)4-7(9)3-5;1-6-2-4-7(8)5-3-6;1-6-3-2-4-7(8)5-6;2*1-7-5-3-2-4-6-7;1-9-4-2-6(7,8)3-5-9;1-6-2-4-7-5-3-6;1-6-3-2-4-7-5-6;2*1-6-2-4-7-5-3-6;/h2-5H,1H3;3-6H,1-2H3;3-6H,1-2H3;2-5H,1H3;2-4H,1H3;2*2-5H,1H3;7H,2-6H2,1H3;2-6H,1H3;2-5H2,1H3;2*2-5H,1H3;6H,2-5H2,1H3;2-5H2,1H3;1H4. The third kappa shape index (κ3) is 60.6. The Bertz CT molecular complexity index is 3570. The van der Waals surface area contributed by atoms with Crippen LogP contribution in [-0.2, 0) is 15.7 Å². The van der Waals surface area contributed by atoms with E-state index in [4.69, 9.17) is 25.8 Å². The van der Waals surface area contributed by atoms with Crippen LogP contribution in [0.5, 0.6) is 5.75 Å². The molecule has 4 fully saturated rings. The Hall–Kier alpha value is -8.64. The van der Waals surface area contributed by atoms with Crippen LogP contribution in [-0.4, -0.2) is 99.5 Å². The number of halogens is 10. The van der Waals surface area contributed by atoms with Crippen LogP contribution in [0.2, 0.25) is 5.02 Å². The number of morpholine rings is 1. The molecular weight excluding hydrogens is 1460 g/mol. The second-order valence-electron chi connectivity index (χ2n) is 28.1. The molecule has 1 aliphatic carbocycles. The summed E-state index contributed by atoms with van der Waals surface area (Å²) in [5.41, 5.74) is 11.9. The molecule has 0 spiro atoms. The molecule has 17 heteroatoms. The number of alkyl halides is 5. The van der Waals surface area contributed by atoms with Crippen molar-refractivity contribution in [2.45, 2.75) is 167 Å². The molecule has 5 heterocycles. The van der Waals surface area contributed by atoms with E-state index in [9.17, 15) is 39.5 Å². The van der Waals surface area contributed by atoms with E-state index in [1.54, 1.807) is 57.7 Å². The van der Waals surface area contributed by atoms with Gasteiger partial charge >= 0.3 is 6.18 Å².